The van der Waals surface area contributed by atoms with E-state index in [0.717, 1.165) is 5.56 Å². The van der Waals surface area contributed by atoms with Gasteiger partial charge in [-0.25, -0.2) is 9.97 Å². The van der Waals surface area contributed by atoms with E-state index in [9.17, 15) is 5.11 Å². The Hall–Kier alpha value is -1.88. The van der Waals surface area contributed by atoms with Crippen LogP contribution in [0, 0.1) is 0 Å². The average molecular weight is 218 g/mol. The second-order valence-corrected chi connectivity index (χ2v) is 3.66. The molecule has 0 saturated heterocycles. The molecular formula is C11H14N4O. The SMILES string of the molecule is Cn1ccnc1C(O)Cc1cccnc1N. The van der Waals surface area contributed by atoms with Gasteiger partial charge in [0.15, 0.2) is 0 Å². The molecular weight excluding hydrogens is 204 g/mol. The Morgan fingerprint density at radius 2 is 2.25 bits per heavy atom. The third kappa shape index (κ3) is 2.04. The number of aliphatic hydroxyl groups is 1. The molecule has 0 saturated carbocycles. The van der Waals surface area contributed by atoms with Crippen LogP contribution in [0.4, 0.5) is 5.82 Å². The summed E-state index contributed by atoms with van der Waals surface area (Å²) in [6, 6.07) is 3.66. The number of rotatable bonds is 3. The number of nitrogen functional groups attached to an aromatic ring is 1. The molecule has 1 atom stereocenters. The van der Waals surface area contributed by atoms with E-state index in [1.807, 2.05) is 13.1 Å². The van der Waals surface area contributed by atoms with Crippen molar-refractivity contribution in [3.63, 3.8) is 0 Å². The lowest BCUT2D eigenvalue weighted by Crippen LogP contribution is -2.10. The largest absolute Gasteiger partial charge is 0.385 e. The molecule has 16 heavy (non-hydrogen) atoms. The molecule has 2 aromatic heterocycles. The highest BCUT2D eigenvalue weighted by Crippen LogP contribution is 2.18. The Kier molecular flexibility index (Phi) is 2.87. The van der Waals surface area contributed by atoms with Gasteiger partial charge in [-0.1, -0.05) is 6.07 Å². The number of hydrogen-bond donors (Lipinski definition) is 2. The summed E-state index contributed by atoms with van der Waals surface area (Å²) in [5.41, 5.74) is 6.54. The smallest absolute Gasteiger partial charge is 0.137 e. The minimum absolute atomic E-state index is 0.421. The summed E-state index contributed by atoms with van der Waals surface area (Å²) in [4.78, 5) is 8.07. The molecule has 2 heterocycles. The molecule has 84 valence electrons. The highest BCUT2D eigenvalue weighted by atomic mass is 16.3. The first-order valence-corrected chi connectivity index (χ1v) is 5.03. The number of imidazole rings is 1. The van der Waals surface area contributed by atoms with E-state index in [1.54, 1.807) is 29.2 Å². The first-order chi connectivity index (χ1) is 7.68. The Morgan fingerprint density at radius 3 is 2.88 bits per heavy atom. The lowest BCUT2D eigenvalue weighted by molar-refractivity contribution is 0.165. The van der Waals surface area contributed by atoms with E-state index in [1.165, 1.54) is 0 Å². The van der Waals surface area contributed by atoms with Gasteiger partial charge in [0.25, 0.3) is 0 Å². The summed E-state index contributed by atoms with van der Waals surface area (Å²) < 4.78 is 1.79. The maximum absolute atomic E-state index is 10.0. The molecule has 0 bridgehead atoms. The van der Waals surface area contributed by atoms with Crippen molar-refractivity contribution in [3.8, 4) is 0 Å². The van der Waals surface area contributed by atoms with Crippen molar-refractivity contribution in [2.24, 2.45) is 7.05 Å². The first-order valence-electron chi connectivity index (χ1n) is 5.03. The molecule has 3 N–H and O–H groups in total. The summed E-state index contributed by atoms with van der Waals surface area (Å²) in [5, 5.41) is 10.0. The minimum Gasteiger partial charge on any atom is -0.385 e. The van der Waals surface area contributed by atoms with Gasteiger partial charge in [0, 0.05) is 32.1 Å². The number of pyridine rings is 1. The molecule has 0 radical (unpaired) electrons. The number of nitrogens with zero attached hydrogens (tertiary/aromatic N) is 3. The van der Waals surface area contributed by atoms with Crippen molar-refractivity contribution in [1.29, 1.82) is 0 Å². The van der Waals surface area contributed by atoms with E-state index >= 15 is 0 Å². The fourth-order valence-corrected chi connectivity index (χ4v) is 1.62. The zero-order valence-corrected chi connectivity index (χ0v) is 9.04. The fraction of sp³-hybridized carbons (Fsp3) is 0.273. The summed E-state index contributed by atoms with van der Waals surface area (Å²) >= 11 is 0. The van der Waals surface area contributed by atoms with E-state index in [4.69, 9.17) is 5.73 Å². The van der Waals surface area contributed by atoms with Crippen LogP contribution in [0.3, 0.4) is 0 Å². The molecule has 2 aromatic rings. The Morgan fingerprint density at radius 1 is 1.44 bits per heavy atom. The van der Waals surface area contributed by atoms with Crippen LogP contribution in [0.5, 0.6) is 0 Å². The molecule has 0 fully saturated rings. The highest BCUT2D eigenvalue weighted by Gasteiger charge is 2.14. The van der Waals surface area contributed by atoms with Gasteiger partial charge in [-0.15, -0.1) is 0 Å². The van der Waals surface area contributed by atoms with Gasteiger partial charge in [0.05, 0.1) is 0 Å². The van der Waals surface area contributed by atoms with Crippen LogP contribution in [0.15, 0.2) is 30.7 Å². The van der Waals surface area contributed by atoms with Crippen LogP contribution in [0.2, 0.25) is 0 Å². The molecule has 0 aliphatic carbocycles. The van der Waals surface area contributed by atoms with Gasteiger partial charge in [0.2, 0.25) is 0 Å². The number of aryl methyl sites for hydroxylation is 1. The van der Waals surface area contributed by atoms with E-state index in [2.05, 4.69) is 9.97 Å². The number of anilines is 1. The van der Waals surface area contributed by atoms with Crippen LogP contribution < -0.4 is 5.73 Å². The van der Waals surface area contributed by atoms with E-state index in [0.29, 0.717) is 18.1 Å². The van der Waals surface area contributed by atoms with Crippen molar-refractivity contribution in [1.82, 2.24) is 14.5 Å². The Labute approximate surface area is 93.6 Å². The second kappa shape index (κ2) is 4.32. The zero-order valence-electron chi connectivity index (χ0n) is 9.04. The minimum atomic E-state index is -0.661. The summed E-state index contributed by atoms with van der Waals surface area (Å²) in [6.45, 7) is 0. The zero-order chi connectivity index (χ0) is 11.5. The predicted molar refractivity (Wildman–Crippen MR) is 60.5 cm³/mol. The van der Waals surface area contributed by atoms with Crippen molar-refractivity contribution < 1.29 is 5.11 Å². The standard InChI is InChI=1S/C11H14N4O/c1-15-6-5-14-11(15)9(16)7-8-3-2-4-13-10(8)12/h2-6,9,16H,7H2,1H3,(H2,12,13). The molecule has 0 spiro atoms. The number of hydrogen-bond acceptors (Lipinski definition) is 4. The predicted octanol–water partition coefficient (Wildman–Crippen LogP) is 0.673. The van der Waals surface area contributed by atoms with Crippen molar-refractivity contribution >= 4 is 5.82 Å². The van der Waals surface area contributed by atoms with Gasteiger partial charge in [0.1, 0.15) is 17.7 Å². The topological polar surface area (TPSA) is 77.0 Å². The monoisotopic (exact) mass is 218 g/mol. The lowest BCUT2D eigenvalue weighted by atomic mass is 10.1. The van der Waals surface area contributed by atoms with E-state index < -0.39 is 6.10 Å². The van der Waals surface area contributed by atoms with Gasteiger partial charge < -0.3 is 15.4 Å². The third-order valence-corrected chi connectivity index (χ3v) is 2.50. The van der Waals surface area contributed by atoms with E-state index in [-0.39, 0.29) is 0 Å². The van der Waals surface area contributed by atoms with Crippen LogP contribution in [-0.4, -0.2) is 19.6 Å². The van der Waals surface area contributed by atoms with Crippen LogP contribution in [0.25, 0.3) is 0 Å². The lowest BCUT2D eigenvalue weighted by Gasteiger charge is -2.11. The van der Waals surface area contributed by atoms with Crippen LogP contribution in [-0.2, 0) is 13.5 Å². The van der Waals surface area contributed by atoms with Gasteiger partial charge in [-0.05, 0) is 11.6 Å². The third-order valence-electron chi connectivity index (χ3n) is 2.50. The van der Waals surface area contributed by atoms with Gasteiger partial charge in [-0.3, -0.25) is 0 Å². The maximum Gasteiger partial charge on any atom is 0.137 e. The molecule has 0 aromatic carbocycles. The van der Waals surface area contributed by atoms with Crippen molar-refractivity contribution in [2.75, 3.05) is 5.73 Å². The molecule has 5 heteroatoms. The summed E-state index contributed by atoms with van der Waals surface area (Å²) in [6.07, 6.45) is 4.85. The summed E-state index contributed by atoms with van der Waals surface area (Å²) in [7, 11) is 1.85. The van der Waals surface area contributed by atoms with Gasteiger partial charge in [-0.2, -0.15) is 0 Å². The molecule has 5 nitrogen and oxygen atoms in total. The van der Waals surface area contributed by atoms with Crippen LogP contribution in [0.1, 0.15) is 17.5 Å². The molecule has 0 aliphatic rings. The highest BCUT2D eigenvalue weighted by molar-refractivity contribution is 5.38. The second-order valence-electron chi connectivity index (χ2n) is 3.66. The molecule has 0 aliphatic heterocycles. The van der Waals surface area contributed by atoms with Crippen molar-refractivity contribution in [3.05, 3.63) is 42.1 Å². The van der Waals surface area contributed by atoms with Gasteiger partial charge >= 0.3 is 0 Å². The number of nitrogens with two attached hydrogens (primary N) is 1. The first kappa shape index (κ1) is 10.6. The quantitative estimate of drug-likeness (QED) is 0.794. The Balaban J connectivity index is 2.17. The molecule has 2 rings (SSSR count). The summed E-state index contributed by atoms with van der Waals surface area (Å²) in [5.74, 6) is 1.08. The number of aliphatic hydroxyl groups excluding tert-OH is 1. The normalized spacial score (nSPS) is 12.6. The number of aromatic nitrogens is 3. The van der Waals surface area contributed by atoms with Crippen molar-refractivity contribution in [2.45, 2.75) is 12.5 Å². The Bertz CT molecular complexity index is 480. The fourth-order valence-electron chi connectivity index (χ4n) is 1.62. The molecule has 0 amide bonds. The average Bonchev–Trinajstić information content (AvgIpc) is 2.68. The molecule has 1 unspecified atom stereocenters. The van der Waals surface area contributed by atoms with Crippen LogP contribution >= 0.6 is 0 Å². The maximum atomic E-state index is 10.0.